The lowest BCUT2D eigenvalue weighted by molar-refractivity contribution is -0.137. The molecule has 230 valence electrons. The van der Waals surface area contributed by atoms with Crippen molar-refractivity contribution in [3.8, 4) is 5.88 Å². The van der Waals surface area contributed by atoms with Gasteiger partial charge < -0.3 is 30.5 Å². The van der Waals surface area contributed by atoms with E-state index in [0.717, 1.165) is 6.08 Å². The summed E-state index contributed by atoms with van der Waals surface area (Å²) in [4.78, 5) is 39.9. The van der Waals surface area contributed by atoms with Crippen LogP contribution in [0.5, 0.6) is 5.88 Å². The normalized spacial score (nSPS) is 12.9. The van der Waals surface area contributed by atoms with Gasteiger partial charge in [0, 0.05) is 50.2 Å². The van der Waals surface area contributed by atoms with Gasteiger partial charge in [-0.15, -0.1) is 0 Å². The Bertz CT molecular complexity index is 1430. The monoisotopic (exact) mass is 600 g/mol. The van der Waals surface area contributed by atoms with Gasteiger partial charge >= 0.3 is 6.18 Å². The van der Waals surface area contributed by atoms with E-state index in [9.17, 15) is 22.8 Å². The smallest absolute Gasteiger partial charge is 0.421 e. The number of pyridine rings is 1. The molecule has 3 N–H and O–H groups in total. The third kappa shape index (κ3) is 8.56. The second-order valence-corrected chi connectivity index (χ2v) is 8.93. The van der Waals surface area contributed by atoms with Crippen LogP contribution in [0.2, 0.25) is 0 Å². The van der Waals surface area contributed by atoms with E-state index in [4.69, 9.17) is 4.74 Å². The number of rotatable bonds is 9. The van der Waals surface area contributed by atoms with Crippen molar-refractivity contribution in [1.29, 1.82) is 0 Å². The molecule has 0 aliphatic carbocycles. The zero-order chi connectivity index (χ0) is 31.6. The number of aromatic nitrogens is 3. The predicted octanol–water partition coefficient (Wildman–Crippen LogP) is 5.60. The SMILES string of the molecule is C=CC(=O)Nc1cccc(Nc2nc(Nc3ccc(N4CCN(C(=O)CC)CC4)nc3OC)ncc2C(F)(F)F)c1.CC. The van der Waals surface area contributed by atoms with Gasteiger partial charge in [-0.25, -0.2) is 4.98 Å². The minimum absolute atomic E-state index is 0.104. The first kappa shape index (κ1) is 32.6. The summed E-state index contributed by atoms with van der Waals surface area (Å²) >= 11 is 0. The van der Waals surface area contributed by atoms with Crippen LogP contribution in [0.3, 0.4) is 0 Å². The molecule has 1 fully saturated rings. The Labute approximate surface area is 248 Å². The molecular formula is C29H35F3N8O3. The molecule has 1 aromatic carbocycles. The number of carbonyl (C=O) groups is 2. The van der Waals surface area contributed by atoms with Crippen LogP contribution in [0.25, 0.3) is 0 Å². The van der Waals surface area contributed by atoms with Gasteiger partial charge in [-0.2, -0.15) is 23.1 Å². The van der Waals surface area contributed by atoms with Gasteiger partial charge in [0.1, 0.15) is 22.9 Å². The second-order valence-electron chi connectivity index (χ2n) is 8.93. The van der Waals surface area contributed by atoms with Gasteiger partial charge in [-0.3, -0.25) is 9.59 Å². The summed E-state index contributed by atoms with van der Waals surface area (Å²) < 4.78 is 46.7. The molecule has 43 heavy (non-hydrogen) atoms. The molecule has 1 saturated heterocycles. The number of hydrogen-bond acceptors (Lipinski definition) is 9. The van der Waals surface area contributed by atoms with Crippen LogP contribution in [0.1, 0.15) is 32.8 Å². The van der Waals surface area contributed by atoms with Crippen LogP contribution in [0, 0.1) is 0 Å². The maximum absolute atomic E-state index is 13.8. The molecule has 0 unspecified atom stereocenters. The number of carbonyl (C=O) groups excluding carboxylic acids is 2. The van der Waals surface area contributed by atoms with Crippen LogP contribution in [0.4, 0.5) is 47.8 Å². The zero-order valence-corrected chi connectivity index (χ0v) is 24.5. The Morgan fingerprint density at radius 2 is 1.74 bits per heavy atom. The summed E-state index contributed by atoms with van der Waals surface area (Å²) in [7, 11) is 1.42. The molecule has 0 bridgehead atoms. The zero-order valence-electron chi connectivity index (χ0n) is 24.5. The largest absolute Gasteiger partial charge is 0.479 e. The van der Waals surface area contributed by atoms with E-state index in [1.54, 1.807) is 24.3 Å². The molecule has 11 nitrogen and oxygen atoms in total. The lowest BCUT2D eigenvalue weighted by atomic mass is 10.2. The van der Waals surface area contributed by atoms with Gasteiger partial charge in [0.2, 0.25) is 23.6 Å². The van der Waals surface area contributed by atoms with E-state index in [1.807, 2.05) is 30.6 Å². The van der Waals surface area contributed by atoms with Crippen LogP contribution < -0.4 is 25.6 Å². The quantitative estimate of drug-likeness (QED) is 0.269. The molecule has 2 amide bonds. The Morgan fingerprint density at radius 1 is 1.05 bits per heavy atom. The van der Waals surface area contributed by atoms with Gasteiger partial charge in [0.05, 0.1) is 7.11 Å². The lowest BCUT2D eigenvalue weighted by Gasteiger charge is -2.35. The lowest BCUT2D eigenvalue weighted by Crippen LogP contribution is -2.48. The maximum Gasteiger partial charge on any atom is 0.421 e. The number of anilines is 6. The molecule has 2 aromatic heterocycles. The fourth-order valence-corrected chi connectivity index (χ4v) is 4.14. The Balaban J connectivity index is 0.00000248. The standard InChI is InChI=1S/C27H29F3N8O3.C2H6/c1-4-22(39)32-17-7-6-8-18(15-17)33-24-19(27(28,29)30)16-31-26(36-24)34-20-9-10-21(35-25(20)41-3)37-11-13-38(14-12-37)23(40)5-2;1-2/h4,6-10,15-16H,1,5,11-14H2,2-3H3,(H,32,39)(H2,31,33,34,36);1-2H3. The number of halogens is 3. The minimum Gasteiger partial charge on any atom is -0.479 e. The number of hydrogen-bond donors (Lipinski definition) is 3. The number of benzene rings is 1. The first-order valence-corrected chi connectivity index (χ1v) is 13.7. The van der Waals surface area contributed by atoms with Crippen molar-refractivity contribution in [2.24, 2.45) is 0 Å². The summed E-state index contributed by atoms with van der Waals surface area (Å²) in [6.45, 7) is 11.6. The molecule has 0 atom stereocenters. The molecule has 0 saturated carbocycles. The predicted molar refractivity (Wildman–Crippen MR) is 160 cm³/mol. The van der Waals surface area contributed by atoms with Crippen molar-refractivity contribution >= 4 is 46.5 Å². The maximum atomic E-state index is 13.8. The number of ether oxygens (including phenoxy) is 1. The highest BCUT2D eigenvalue weighted by atomic mass is 19.4. The fourth-order valence-electron chi connectivity index (χ4n) is 4.14. The summed E-state index contributed by atoms with van der Waals surface area (Å²) in [6, 6.07) is 9.55. The number of nitrogens with zero attached hydrogens (tertiary/aromatic N) is 5. The summed E-state index contributed by atoms with van der Waals surface area (Å²) in [5.41, 5.74) is -0.123. The summed E-state index contributed by atoms with van der Waals surface area (Å²) in [5.74, 6) is -0.156. The van der Waals surface area contributed by atoms with Crippen molar-refractivity contribution in [3.05, 3.63) is 60.8 Å². The van der Waals surface area contributed by atoms with Crippen LogP contribution in [0.15, 0.2) is 55.3 Å². The van der Waals surface area contributed by atoms with E-state index in [2.05, 4.69) is 37.5 Å². The topological polar surface area (TPSA) is 125 Å². The third-order valence-corrected chi connectivity index (χ3v) is 6.22. The van der Waals surface area contributed by atoms with E-state index in [0.29, 0.717) is 56.0 Å². The molecule has 0 spiro atoms. The number of amides is 2. The van der Waals surface area contributed by atoms with Crippen molar-refractivity contribution in [1.82, 2.24) is 19.9 Å². The molecule has 3 aromatic rings. The first-order valence-electron chi connectivity index (χ1n) is 13.7. The molecule has 14 heteroatoms. The molecule has 4 rings (SSSR count). The Kier molecular flexibility index (Phi) is 11.3. The average molecular weight is 601 g/mol. The highest BCUT2D eigenvalue weighted by Gasteiger charge is 2.35. The van der Waals surface area contributed by atoms with Crippen molar-refractivity contribution in [2.75, 3.05) is 54.1 Å². The van der Waals surface area contributed by atoms with Crippen molar-refractivity contribution in [2.45, 2.75) is 33.4 Å². The fraction of sp³-hybridized carbons (Fsp3) is 0.345. The number of piperazine rings is 1. The third-order valence-electron chi connectivity index (χ3n) is 6.22. The van der Waals surface area contributed by atoms with E-state index in [-0.39, 0.29) is 23.4 Å². The van der Waals surface area contributed by atoms with Gasteiger partial charge in [0.15, 0.2) is 0 Å². The van der Waals surface area contributed by atoms with E-state index < -0.39 is 23.5 Å². The van der Waals surface area contributed by atoms with Crippen LogP contribution >= 0.6 is 0 Å². The highest BCUT2D eigenvalue weighted by molar-refractivity contribution is 5.99. The molecule has 1 aliphatic rings. The highest BCUT2D eigenvalue weighted by Crippen LogP contribution is 2.36. The Hall–Kier alpha value is -4.88. The summed E-state index contributed by atoms with van der Waals surface area (Å²) in [5, 5.41) is 8.09. The van der Waals surface area contributed by atoms with E-state index in [1.165, 1.54) is 19.2 Å². The molecule has 1 aliphatic heterocycles. The number of methoxy groups -OCH3 is 1. The number of alkyl halides is 3. The minimum atomic E-state index is -4.73. The van der Waals surface area contributed by atoms with Gasteiger partial charge in [0.25, 0.3) is 0 Å². The van der Waals surface area contributed by atoms with Crippen LogP contribution in [-0.4, -0.2) is 65.0 Å². The van der Waals surface area contributed by atoms with Crippen molar-refractivity contribution < 1.29 is 27.5 Å². The van der Waals surface area contributed by atoms with Crippen LogP contribution in [-0.2, 0) is 15.8 Å². The van der Waals surface area contributed by atoms with Gasteiger partial charge in [-0.1, -0.05) is 33.4 Å². The van der Waals surface area contributed by atoms with E-state index >= 15 is 0 Å². The van der Waals surface area contributed by atoms with Crippen molar-refractivity contribution in [3.63, 3.8) is 0 Å². The molecule has 0 radical (unpaired) electrons. The number of nitrogens with one attached hydrogen (secondary N) is 3. The first-order chi connectivity index (χ1) is 20.6. The molecule has 3 heterocycles. The average Bonchev–Trinajstić information content (AvgIpc) is 3.01. The second kappa shape index (κ2) is 14.8. The summed E-state index contributed by atoms with van der Waals surface area (Å²) in [6.07, 6.45) is -2.53. The molecular weight excluding hydrogens is 565 g/mol. The van der Waals surface area contributed by atoms with Gasteiger partial charge in [-0.05, 0) is 36.4 Å². The Morgan fingerprint density at radius 3 is 2.37 bits per heavy atom.